The minimum atomic E-state index is -0.466. The SMILES string of the molecule is Cc1ccc(Cn2cc(NC(=O)c3ccc([N+](=O)[O-])c(C)c3)cn2)cc1. The predicted octanol–water partition coefficient (Wildman–Crippen LogP) is 3.71. The number of benzene rings is 2. The molecular weight excluding hydrogens is 332 g/mol. The Kier molecular flexibility index (Phi) is 4.79. The van der Waals surface area contributed by atoms with Gasteiger partial charge in [-0.15, -0.1) is 0 Å². The van der Waals surface area contributed by atoms with Crippen LogP contribution in [-0.4, -0.2) is 20.6 Å². The van der Waals surface area contributed by atoms with Crippen molar-refractivity contribution in [2.75, 3.05) is 5.32 Å². The Morgan fingerprint density at radius 2 is 1.92 bits per heavy atom. The van der Waals surface area contributed by atoms with Crippen molar-refractivity contribution in [1.82, 2.24) is 9.78 Å². The lowest BCUT2D eigenvalue weighted by molar-refractivity contribution is -0.385. The summed E-state index contributed by atoms with van der Waals surface area (Å²) in [6, 6.07) is 12.4. The molecule has 0 fully saturated rings. The number of aryl methyl sites for hydroxylation is 2. The smallest absolute Gasteiger partial charge is 0.272 e. The summed E-state index contributed by atoms with van der Waals surface area (Å²) in [5.74, 6) is -0.335. The first-order chi connectivity index (χ1) is 12.4. The minimum absolute atomic E-state index is 0.00697. The largest absolute Gasteiger partial charge is 0.319 e. The second-order valence-electron chi connectivity index (χ2n) is 6.12. The Morgan fingerprint density at radius 1 is 1.19 bits per heavy atom. The molecule has 1 N–H and O–H groups in total. The zero-order valence-electron chi connectivity index (χ0n) is 14.5. The molecule has 7 heteroatoms. The number of nitrogens with one attached hydrogen (secondary N) is 1. The number of amides is 1. The lowest BCUT2D eigenvalue weighted by Gasteiger charge is -2.04. The molecule has 1 aromatic heterocycles. The summed E-state index contributed by atoms with van der Waals surface area (Å²) < 4.78 is 1.74. The first-order valence-electron chi connectivity index (χ1n) is 8.07. The van der Waals surface area contributed by atoms with E-state index in [0.29, 0.717) is 23.4 Å². The second-order valence-corrected chi connectivity index (χ2v) is 6.12. The van der Waals surface area contributed by atoms with Crippen LogP contribution in [0.3, 0.4) is 0 Å². The van der Waals surface area contributed by atoms with Crippen LogP contribution in [0.25, 0.3) is 0 Å². The molecule has 1 amide bonds. The molecule has 2 aromatic carbocycles. The van der Waals surface area contributed by atoms with Gasteiger partial charge in [0.05, 0.1) is 23.4 Å². The second kappa shape index (κ2) is 7.18. The van der Waals surface area contributed by atoms with Gasteiger partial charge in [0, 0.05) is 23.4 Å². The maximum Gasteiger partial charge on any atom is 0.272 e. The molecule has 0 saturated carbocycles. The molecule has 0 atom stereocenters. The van der Waals surface area contributed by atoms with Gasteiger partial charge >= 0.3 is 0 Å². The standard InChI is InChI=1S/C19H18N4O3/c1-13-3-5-15(6-4-13)11-22-12-17(10-20-22)21-19(24)16-7-8-18(23(25)26)14(2)9-16/h3-10,12H,11H2,1-2H3,(H,21,24). The normalized spacial score (nSPS) is 10.5. The fourth-order valence-electron chi connectivity index (χ4n) is 2.60. The monoisotopic (exact) mass is 350 g/mol. The Labute approximate surface area is 150 Å². The molecule has 0 saturated heterocycles. The minimum Gasteiger partial charge on any atom is -0.319 e. The zero-order valence-corrected chi connectivity index (χ0v) is 14.5. The van der Waals surface area contributed by atoms with E-state index in [0.717, 1.165) is 5.56 Å². The highest BCUT2D eigenvalue weighted by molar-refractivity contribution is 6.04. The number of nitro benzene ring substituents is 1. The maximum absolute atomic E-state index is 12.3. The van der Waals surface area contributed by atoms with E-state index in [1.807, 2.05) is 31.2 Å². The first-order valence-corrected chi connectivity index (χ1v) is 8.07. The summed E-state index contributed by atoms with van der Waals surface area (Å²) in [6.07, 6.45) is 3.32. The Morgan fingerprint density at radius 3 is 2.58 bits per heavy atom. The molecule has 132 valence electrons. The first kappa shape index (κ1) is 17.3. The van der Waals surface area contributed by atoms with Gasteiger partial charge in [-0.2, -0.15) is 5.10 Å². The summed E-state index contributed by atoms with van der Waals surface area (Å²) in [4.78, 5) is 22.7. The van der Waals surface area contributed by atoms with Crippen molar-refractivity contribution in [3.05, 3.63) is 87.2 Å². The van der Waals surface area contributed by atoms with Crippen molar-refractivity contribution in [3.8, 4) is 0 Å². The predicted molar refractivity (Wildman–Crippen MR) is 98.3 cm³/mol. The molecule has 0 unspecified atom stereocenters. The summed E-state index contributed by atoms with van der Waals surface area (Å²) >= 11 is 0. The molecule has 0 aliphatic carbocycles. The van der Waals surface area contributed by atoms with Gasteiger partial charge in [-0.25, -0.2) is 0 Å². The van der Waals surface area contributed by atoms with Crippen LogP contribution in [0, 0.1) is 24.0 Å². The maximum atomic E-state index is 12.3. The van der Waals surface area contributed by atoms with Crippen molar-refractivity contribution in [1.29, 1.82) is 0 Å². The van der Waals surface area contributed by atoms with Gasteiger partial charge in [0.15, 0.2) is 0 Å². The van der Waals surface area contributed by atoms with Crippen LogP contribution in [-0.2, 0) is 6.54 Å². The van der Waals surface area contributed by atoms with Crippen LogP contribution in [0.5, 0.6) is 0 Å². The molecule has 3 rings (SSSR count). The lowest BCUT2D eigenvalue weighted by atomic mass is 10.1. The summed E-state index contributed by atoms with van der Waals surface area (Å²) in [5.41, 5.74) is 3.67. The van der Waals surface area contributed by atoms with E-state index in [1.54, 1.807) is 24.0 Å². The van der Waals surface area contributed by atoms with Gasteiger partial charge in [0.25, 0.3) is 11.6 Å². The van der Waals surface area contributed by atoms with Crippen LogP contribution in [0.4, 0.5) is 11.4 Å². The van der Waals surface area contributed by atoms with Crippen molar-refractivity contribution in [2.24, 2.45) is 0 Å². The highest BCUT2D eigenvalue weighted by atomic mass is 16.6. The topological polar surface area (TPSA) is 90.1 Å². The highest BCUT2D eigenvalue weighted by Gasteiger charge is 2.14. The summed E-state index contributed by atoms with van der Waals surface area (Å²) in [6.45, 7) is 4.24. The number of anilines is 1. The van der Waals surface area contributed by atoms with Crippen LogP contribution >= 0.6 is 0 Å². The average molecular weight is 350 g/mol. The molecule has 7 nitrogen and oxygen atoms in total. The summed E-state index contributed by atoms with van der Waals surface area (Å²) in [5, 5.41) is 17.9. The van der Waals surface area contributed by atoms with Crippen LogP contribution in [0.1, 0.15) is 27.0 Å². The molecule has 0 spiro atoms. The van der Waals surface area contributed by atoms with E-state index >= 15 is 0 Å². The van der Waals surface area contributed by atoms with Gasteiger partial charge in [-0.1, -0.05) is 29.8 Å². The van der Waals surface area contributed by atoms with Crippen molar-refractivity contribution >= 4 is 17.3 Å². The van der Waals surface area contributed by atoms with E-state index in [2.05, 4.69) is 10.4 Å². The molecule has 0 aliphatic heterocycles. The lowest BCUT2D eigenvalue weighted by Crippen LogP contribution is -2.12. The number of nitrogens with zero attached hydrogens (tertiary/aromatic N) is 3. The fraction of sp³-hybridized carbons (Fsp3) is 0.158. The van der Waals surface area contributed by atoms with Crippen LogP contribution in [0.15, 0.2) is 54.9 Å². The van der Waals surface area contributed by atoms with Gasteiger partial charge in [0.2, 0.25) is 0 Å². The van der Waals surface area contributed by atoms with Crippen molar-refractivity contribution < 1.29 is 9.72 Å². The van der Waals surface area contributed by atoms with Gasteiger partial charge in [-0.3, -0.25) is 19.6 Å². The van der Waals surface area contributed by atoms with E-state index in [9.17, 15) is 14.9 Å². The Hall–Kier alpha value is -3.48. The molecule has 26 heavy (non-hydrogen) atoms. The van der Waals surface area contributed by atoms with Crippen LogP contribution in [0.2, 0.25) is 0 Å². The van der Waals surface area contributed by atoms with E-state index in [1.165, 1.54) is 23.8 Å². The number of hydrogen-bond donors (Lipinski definition) is 1. The van der Waals surface area contributed by atoms with Gasteiger partial charge < -0.3 is 5.32 Å². The fourth-order valence-corrected chi connectivity index (χ4v) is 2.60. The molecule has 1 heterocycles. The number of aromatic nitrogens is 2. The quantitative estimate of drug-likeness (QED) is 0.561. The number of rotatable bonds is 5. The van der Waals surface area contributed by atoms with Gasteiger partial charge in [-0.05, 0) is 31.5 Å². The third-order valence-electron chi connectivity index (χ3n) is 4.01. The Bertz CT molecular complexity index is 961. The Balaban J connectivity index is 1.68. The summed E-state index contributed by atoms with van der Waals surface area (Å²) in [7, 11) is 0. The molecular formula is C19H18N4O3. The molecule has 0 radical (unpaired) electrons. The average Bonchev–Trinajstić information content (AvgIpc) is 3.03. The molecule has 3 aromatic rings. The van der Waals surface area contributed by atoms with Crippen molar-refractivity contribution in [3.63, 3.8) is 0 Å². The third kappa shape index (κ3) is 3.94. The van der Waals surface area contributed by atoms with E-state index < -0.39 is 4.92 Å². The molecule has 0 aliphatic rings. The van der Waals surface area contributed by atoms with Gasteiger partial charge in [0.1, 0.15) is 0 Å². The number of carbonyl (C=O) groups is 1. The number of hydrogen-bond acceptors (Lipinski definition) is 4. The third-order valence-corrected chi connectivity index (χ3v) is 4.01. The zero-order chi connectivity index (χ0) is 18.7. The van der Waals surface area contributed by atoms with E-state index in [4.69, 9.17) is 0 Å². The number of nitro groups is 1. The number of carbonyl (C=O) groups excluding carboxylic acids is 1. The van der Waals surface area contributed by atoms with Crippen LogP contribution < -0.4 is 5.32 Å². The highest BCUT2D eigenvalue weighted by Crippen LogP contribution is 2.19. The van der Waals surface area contributed by atoms with Crippen molar-refractivity contribution in [2.45, 2.75) is 20.4 Å². The molecule has 0 bridgehead atoms. The van der Waals surface area contributed by atoms with E-state index in [-0.39, 0.29) is 11.6 Å².